The first-order valence-electron chi connectivity index (χ1n) is 3.75. The number of allylic oxidation sites excluding steroid dienone is 2. The molecule has 13 heavy (non-hydrogen) atoms. The molecule has 0 heterocycles. The highest BCUT2D eigenvalue weighted by Crippen LogP contribution is 2.07. The molecular weight excluding hydrogens is 207 g/mol. The van der Waals surface area contributed by atoms with Crippen molar-refractivity contribution in [3.05, 3.63) is 47.0 Å². The van der Waals surface area contributed by atoms with Crippen molar-refractivity contribution in [2.45, 2.75) is 0 Å². The van der Waals surface area contributed by atoms with Crippen LogP contribution < -0.4 is 0 Å². The standard InChI is InChI=1S/C10H8Cl2O/c11-7-9(12)6-10(13)8-4-2-1-3-5-8/h1-6H,7H2. The second kappa shape index (κ2) is 5.05. The van der Waals surface area contributed by atoms with Crippen LogP contribution in [0.3, 0.4) is 0 Å². The Labute approximate surface area is 87.0 Å². The van der Waals surface area contributed by atoms with Crippen molar-refractivity contribution in [1.29, 1.82) is 0 Å². The minimum atomic E-state index is -0.119. The predicted octanol–water partition coefficient (Wildman–Crippen LogP) is 3.23. The Kier molecular flexibility index (Phi) is 4.00. The van der Waals surface area contributed by atoms with Crippen molar-refractivity contribution >= 4 is 29.0 Å². The summed E-state index contributed by atoms with van der Waals surface area (Å²) in [5.74, 6) is 0.0476. The summed E-state index contributed by atoms with van der Waals surface area (Å²) in [7, 11) is 0. The van der Waals surface area contributed by atoms with Gasteiger partial charge in [0, 0.05) is 16.7 Å². The van der Waals surface area contributed by atoms with Crippen molar-refractivity contribution in [2.75, 3.05) is 5.88 Å². The van der Waals surface area contributed by atoms with Crippen LogP contribution in [-0.2, 0) is 0 Å². The van der Waals surface area contributed by atoms with Crippen LogP contribution in [-0.4, -0.2) is 11.7 Å². The maximum absolute atomic E-state index is 11.4. The molecule has 1 rings (SSSR count). The molecule has 0 saturated heterocycles. The van der Waals surface area contributed by atoms with Gasteiger partial charge in [0.2, 0.25) is 0 Å². The molecule has 0 aliphatic rings. The van der Waals surface area contributed by atoms with Gasteiger partial charge in [0.1, 0.15) is 0 Å². The molecule has 68 valence electrons. The van der Waals surface area contributed by atoms with Gasteiger partial charge in [-0.2, -0.15) is 0 Å². The first-order chi connectivity index (χ1) is 6.24. The van der Waals surface area contributed by atoms with Gasteiger partial charge in [0.15, 0.2) is 5.78 Å². The molecule has 1 nitrogen and oxygen atoms in total. The third kappa shape index (κ3) is 3.21. The maximum Gasteiger partial charge on any atom is 0.187 e. The maximum atomic E-state index is 11.4. The molecular formula is C10H8Cl2O. The lowest BCUT2D eigenvalue weighted by Crippen LogP contribution is -1.94. The zero-order valence-electron chi connectivity index (χ0n) is 6.84. The van der Waals surface area contributed by atoms with Gasteiger partial charge in [-0.25, -0.2) is 0 Å². The van der Waals surface area contributed by atoms with E-state index in [1.807, 2.05) is 6.07 Å². The van der Waals surface area contributed by atoms with Gasteiger partial charge in [-0.1, -0.05) is 41.9 Å². The lowest BCUT2D eigenvalue weighted by Gasteiger charge is -1.94. The molecule has 0 N–H and O–H groups in total. The molecule has 1 aromatic rings. The minimum absolute atomic E-state index is 0.119. The molecule has 0 bridgehead atoms. The highest BCUT2D eigenvalue weighted by Gasteiger charge is 2.01. The number of rotatable bonds is 3. The summed E-state index contributed by atoms with van der Waals surface area (Å²) in [5, 5.41) is 0.357. The Morgan fingerprint density at radius 3 is 2.46 bits per heavy atom. The van der Waals surface area contributed by atoms with Crippen molar-refractivity contribution in [3.8, 4) is 0 Å². The molecule has 0 aromatic heterocycles. The van der Waals surface area contributed by atoms with Gasteiger partial charge >= 0.3 is 0 Å². The topological polar surface area (TPSA) is 17.1 Å². The molecule has 1 aromatic carbocycles. The number of carbonyl (C=O) groups is 1. The fraction of sp³-hybridized carbons (Fsp3) is 0.100. The summed E-state index contributed by atoms with van der Waals surface area (Å²) in [5.41, 5.74) is 0.616. The molecule has 3 heteroatoms. The van der Waals surface area contributed by atoms with Crippen LogP contribution >= 0.6 is 23.2 Å². The Balaban J connectivity index is 2.81. The van der Waals surface area contributed by atoms with E-state index < -0.39 is 0 Å². The Morgan fingerprint density at radius 1 is 1.31 bits per heavy atom. The van der Waals surface area contributed by atoms with Gasteiger partial charge in [0.05, 0.1) is 5.88 Å². The number of ketones is 1. The van der Waals surface area contributed by atoms with Gasteiger partial charge in [-0.15, -0.1) is 11.6 Å². The normalized spacial score (nSPS) is 11.4. The second-order valence-electron chi connectivity index (χ2n) is 2.46. The first-order valence-corrected chi connectivity index (χ1v) is 4.66. The van der Waals surface area contributed by atoms with E-state index in [2.05, 4.69) is 0 Å². The number of hydrogen-bond acceptors (Lipinski definition) is 1. The fourth-order valence-electron chi connectivity index (χ4n) is 0.867. The van der Waals surface area contributed by atoms with Crippen molar-refractivity contribution in [1.82, 2.24) is 0 Å². The number of alkyl halides is 1. The number of benzene rings is 1. The van der Waals surface area contributed by atoms with Crippen molar-refractivity contribution < 1.29 is 4.79 Å². The summed E-state index contributed by atoms with van der Waals surface area (Å²) in [6.45, 7) is 0. The lowest BCUT2D eigenvalue weighted by atomic mass is 10.1. The largest absolute Gasteiger partial charge is 0.289 e. The van der Waals surface area contributed by atoms with E-state index in [4.69, 9.17) is 23.2 Å². The zero-order chi connectivity index (χ0) is 9.68. The number of hydrogen-bond donors (Lipinski definition) is 0. The van der Waals surface area contributed by atoms with E-state index in [0.717, 1.165) is 0 Å². The van der Waals surface area contributed by atoms with E-state index in [1.54, 1.807) is 24.3 Å². The molecule has 0 radical (unpaired) electrons. The SMILES string of the molecule is O=C(C=C(Cl)CCl)c1ccccc1. The molecule has 0 spiro atoms. The predicted molar refractivity (Wildman–Crippen MR) is 55.4 cm³/mol. The Bertz CT molecular complexity index is 317. The van der Waals surface area contributed by atoms with E-state index in [9.17, 15) is 4.79 Å². The Morgan fingerprint density at radius 2 is 1.92 bits per heavy atom. The highest BCUT2D eigenvalue weighted by molar-refractivity contribution is 6.37. The highest BCUT2D eigenvalue weighted by atomic mass is 35.5. The van der Waals surface area contributed by atoms with E-state index >= 15 is 0 Å². The number of halogens is 2. The Hall–Kier alpha value is -0.790. The van der Waals surface area contributed by atoms with Gasteiger partial charge in [-0.05, 0) is 0 Å². The smallest absolute Gasteiger partial charge is 0.187 e. The van der Waals surface area contributed by atoms with Gasteiger partial charge in [0.25, 0.3) is 0 Å². The van der Waals surface area contributed by atoms with Crippen LogP contribution in [0.2, 0.25) is 0 Å². The second-order valence-corrected chi connectivity index (χ2v) is 3.21. The monoisotopic (exact) mass is 214 g/mol. The van der Waals surface area contributed by atoms with E-state index in [-0.39, 0.29) is 11.7 Å². The molecule has 0 unspecified atom stereocenters. The quantitative estimate of drug-likeness (QED) is 0.429. The average Bonchev–Trinajstić information content (AvgIpc) is 2.19. The van der Waals surface area contributed by atoms with Gasteiger partial charge < -0.3 is 0 Å². The van der Waals surface area contributed by atoms with E-state index in [1.165, 1.54) is 6.08 Å². The minimum Gasteiger partial charge on any atom is -0.289 e. The van der Waals surface area contributed by atoms with Crippen LogP contribution in [0.4, 0.5) is 0 Å². The first kappa shape index (κ1) is 10.3. The molecule has 0 atom stereocenters. The summed E-state index contributed by atoms with van der Waals surface area (Å²) in [6, 6.07) is 8.92. The van der Waals surface area contributed by atoms with Crippen LogP contribution in [0, 0.1) is 0 Å². The molecule has 0 amide bonds. The summed E-state index contributed by atoms with van der Waals surface area (Å²) in [6.07, 6.45) is 1.34. The van der Waals surface area contributed by atoms with E-state index in [0.29, 0.717) is 10.6 Å². The third-order valence-corrected chi connectivity index (χ3v) is 2.14. The van der Waals surface area contributed by atoms with Crippen molar-refractivity contribution in [3.63, 3.8) is 0 Å². The summed E-state index contributed by atoms with van der Waals surface area (Å²) in [4.78, 5) is 11.4. The van der Waals surface area contributed by atoms with Crippen LogP contribution in [0.5, 0.6) is 0 Å². The molecule has 0 aliphatic heterocycles. The average molecular weight is 215 g/mol. The molecule has 0 fully saturated rings. The number of carbonyl (C=O) groups excluding carboxylic acids is 1. The van der Waals surface area contributed by atoms with Crippen LogP contribution in [0.15, 0.2) is 41.4 Å². The van der Waals surface area contributed by atoms with Crippen molar-refractivity contribution in [2.24, 2.45) is 0 Å². The summed E-state index contributed by atoms with van der Waals surface area (Å²) < 4.78 is 0. The van der Waals surface area contributed by atoms with Crippen LogP contribution in [0.1, 0.15) is 10.4 Å². The van der Waals surface area contributed by atoms with Crippen LogP contribution in [0.25, 0.3) is 0 Å². The fourth-order valence-corrected chi connectivity index (χ4v) is 1.04. The molecule has 0 saturated carbocycles. The summed E-state index contributed by atoms with van der Waals surface area (Å²) >= 11 is 11.0. The van der Waals surface area contributed by atoms with Gasteiger partial charge in [-0.3, -0.25) is 4.79 Å². The third-order valence-electron chi connectivity index (χ3n) is 1.47. The molecule has 0 aliphatic carbocycles. The zero-order valence-corrected chi connectivity index (χ0v) is 8.35. The lowest BCUT2D eigenvalue weighted by molar-refractivity contribution is 0.104.